The molecular formula is C8H19Si. The molecule has 0 atom stereocenters. The lowest BCUT2D eigenvalue weighted by atomic mass is 10.1. The van der Waals surface area contributed by atoms with Gasteiger partial charge in [0.1, 0.15) is 0 Å². The van der Waals surface area contributed by atoms with Crippen LogP contribution in [-0.4, -0.2) is 8.80 Å². The van der Waals surface area contributed by atoms with Crippen molar-refractivity contribution in [2.24, 2.45) is 0 Å². The van der Waals surface area contributed by atoms with Crippen LogP contribution in [0.5, 0.6) is 0 Å². The Morgan fingerprint density at radius 1 is 1.11 bits per heavy atom. The number of rotatable bonds is 3. The van der Waals surface area contributed by atoms with Crippen LogP contribution in [0.15, 0.2) is 0 Å². The normalized spacial score (nSPS) is 12.7. The summed E-state index contributed by atoms with van der Waals surface area (Å²) in [6, 6.07) is 0. The molecule has 0 saturated carbocycles. The van der Waals surface area contributed by atoms with E-state index in [4.69, 9.17) is 0 Å². The van der Waals surface area contributed by atoms with E-state index in [2.05, 4.69) is 33.9 Å². The van der Waals surface area contributed by atoms with Crippen LogP contribution in [-0.2, 0) is 0 Å². The maximum atomic E-state index is 2.42. The van der Waals surface area contributed by atoms with Gasteiger partial charge in [-0.3, -0.25) is 0 Å². The summed E-state index contributed by atoms with van der Waals surface area (Å²) >= 11 is 0. The summed E-state index contributed by atoms with van der Waals surface area (Å²) in [5.74, 6) is 0. The SMILES string of the molecule is CCC(C)(CC)[Si](C)C. The third-order valence-electron chi connectivity index (χ3n) is 2.77. The fourth-order valence-corrected chi connectivity index (χ4v) is 2.37. The van der Waals surface area contributed by atoms with Gasteiger partial charge in [-0.1, -0.05) is 46.7 Å². The molecule has 0 aromatic heterocycles. The molecule has 1 radical (unpaired) electrons. The summed E-state index contributed by atoms with van der Waals surface area (Å²) in [5.41, 5.74) is 0. The van der Waals surface area contributed by atoms with Crippen LogP contribution in [0.25, 0.3) is 0 Å². The molecule has 0 aliphatic rings. The molecule has 0 heterocycles. The molecule has 0 amide bonds. The molecule has 0 fully saturated rings. The van der Waals surface area contributed by atoms with Crippen LogP contribution in [0.1, 0.15) is 33.6 Å². The second-order valence-corrected chi connectivity index (χ2v) is 6.47. The van der Waals surface area contributed by atoms with Crippen molar-refractivity contribution in [2.75, 3.05) is 0 Å². The molecule has 0 saturated heterocycles. The predicted molar refractivity (Wildman–Crippen MR) is 46.4 cm³/mol. The van der Waals surface area contributed by atoms with Gasteiger partial charge in [-0.15, -0.1) is 0 Å². The van der Waals surface area contributed by atoms with Crippen LogP contribution in [0.2, 0.25) is 18.1 Å². The average Bonchev–Trinajstić information content (AvgIpc) is 1.86. The summed E-state index contributed by atoms with van der Waals surface area (Å²) in [6.07, 6.45) is 2.70. The summed E-state index contributed by atoms with van der Waals surface area (Å²) in [5, 5.41) is 0.685. The zero-order valence-electron chi connectivity index (χ0n) is 7.41. The van der Waals surface area contributed by atoms with Gasteiger partial charge in [-0.2, -0.15) is 0 Å². The first-order chi connectivity index (χ1) is 4.06. The molecule has 0 spiro atoms. The van der Waals surface area contributed by atoms with Crippen molar-refractivity contribution < 1.29 is 0 Å². The maximum Gasteiger partial charge on any atom is 0.0476 e. The molecule has 0 aliphatic carbocycles. The van der Waals surface area contributed by atoms with Crippen molar-refractivity contribution in [1.82, 2.24) is 0 Å². The molecule has 0 N–H and O–H groups in total. The summed E-state index contributed by atoms with van der Waals surface area (Å²) in [4.78, 5) is 0. The van der Waals surface area contributed by atoms with Gasteiger partial charge in [0.05, 0.1) is 0 Å². The highest BCUT2D eigenvalue weighted by atomic mass is 28.3. The molecule has 0 aromatic carbocycles. The molecular weight excluding hydrogens is 124 g/mol. The first kappa shape index (κ1) is 9.22. The van der Waals surface area contributed by atoms with Crippen molar-refractivity contribution in [3.8, 4) is 0 Å². The van der Waals surface area contributed by atoms with Gasteiger partial charge in [0, 0.05) is 8.80 Å². The Kier molecular flexibility index (Phi) is 3.48. The Balaban J connectivity index is 3.92. The van der Waals surface area contributed by atoms with E-state index in [-0.39, 0.29) is 8.80 Å². The minimum atomic E-state index is -0.0733. The fraction of sp³-hybridized carbons (Fsp3) is 1.00. The lowest BCUT2D eigenvalue weighted by Crippen LogP contribution is -2.22. The van der Waals surface area contributed by atoms with Crippen LogP contribution in [0.3, 0.4) is 0 Å². The standard InChI is InChI=1S/C8H19Si/c1-6-8(3,7-2)9(4)5/h6-7H2,1-5H3. The van der Waals surface area contributed by atoms with Crippen LogP contribution in [0, 0.1) is 0 Å². The van der Waals surface area contributed by atoms with Gasteiger partial charge in [0.25, 0.3) is 0 Å². The van der Waals surface area contributed by atoms with Gasteiger partial charge in [-0.05, 0) is 5.04 Å². The summed E-state index contributed by atoms with van der Waals surface area (Å²) < 4.78 is 0. The van der Waals surface area contributed by atoms with Crippen molar-refractivity contribution in [2.45, 2.75) is 51.7 Å². The van der Waals surface area contributed by atoms with Crippen molar-refractivity contribution in [1.29, 1.82) is 0 Å². The Labute approximate surface area is 61.3 Å². The highest BCUT2D eigenvalue weighted by Crippen LogP contribution is 2.36. The van der Waals surface area contributed by atoms with E-state index in [1.807, 2.05) is 0 Å². The molecule has 0 aliphatic heterocycles. The molecule has 55 valence electrons. The zero-order chi connectivity index (χ0) is 7.49. The van der Waals surface area contributed by atoms with E-state index in [9.17, 15) is 0 Å². The van der Waals surface area contributed by atoms with Crippen LogP contribution >= 0.6 is 0 Å². The van der Waals surface area contributed by atoms with Crippen molar-refractivity contribution >= 4 is 8.80 Å². The zero-order valence-corrected chi connectivity index (χ0v) is 8.41. The van der Waals surface area contributed by atoms with E-state index in [1.165, 1.54) is 12.8 Å². The fourth-order valence-electron chi connectivity index (χ4n) is 0.957. The van der Waals surface area contributed by atoms with Crippen LogP contribution in [0.4, 0.5) is 0 Å². The maximum absolute atomic E-state index is 2.42. The van der Waals surface area contributed by atoms with Gasteiger partial charge in [0.15, 0.2) is 0 Å². The van der Waals surface area contributed by atoms with Crippen LogP contribution < -0.4 is 0 Å². The molecule has 0 rings (SSSR count). The summed E-state index contributed by atoms with van der Waals surface area (Å²) in [7, 11) is -0.0733. The Bertz CT molecular complexity index is 72.6. The third-order valence-corrected chi connectivity index (χ3v) is 5.89. The molecule has 0 aromatic rings. The van der Waals surface area contributed by atoms with Gasteiger partial charge < -0.3 is 0 Å². The smallest absolute Gasteiger partial charge is 0.0476 e. The van der Waals surface area contributed by atoms with E-state index in [1.54, 1.807) is 0 Å². The largest absolute Gasteiger partial charge is 0.0709 e. The minimum Gasteiger partial charge on any atom is -0.0709 e. The van der Waals surface area contributed by atoms with Gasteiger partial charge in [-0.25, -0.2) is 0 Å². The molecule has 1 heteroatoms. The summed E-state index contributed by atoms with van der Waals surface area (Å²) in [6.45, 7) is 11.9. The third kappa shape index (κ3) is 2.13. The first-order valence-corrected chi connectivity index (χ1v) is 6.37. The van der Waals surface area contributed by atoms with E-state index < -0.39 is 0 Å². The highest BCUT2D eigenvalue weighted by molar-refractivity contribution is 6.59. The lowest BCUT2D eigenvalue weighted by molar-refractivity contribution is 0.555. The number of hydrogen-bond donors (Lipinski definition) is 0. The second-order valence-electron chi connectivity index (χ2n) is 3.27. The Hall–Kier alpha value is 0.217. The molecule has 9 heavy (non-hydrogen) atoms. The van der Waals surface area contributed by atoms with E-state index in [0.29, 0.717) is 5.04 Å². The Morgan fingerprint density at radius 2 is 1.44 bits per heavy atom. The second kappa shape index (κ2) is 3.40. The first-order valence-electron chi connectivity index (χ1n) is 3.87. The van der Waals surface area contributed by atoms with Crippen molar-refractivity contribution in [3.05, 3.63) is 0 Å². The topological polar surface area (TPSA) is 0 Å². The lowest BCUT2D eigenvalue weighted by Gasteiger charge is -2.29. The minimum absolute atomic E-state index is 0.0733. The Morgan fingerprint density at radius 3 is 1.44 bits per heavy atom. The average molecular weight is 143 g/mol. The van der Waals surface area contributed by atoms with E-state index in [0.717, 1.165) is 0 Å². The quantitative estimate of drug-likeness (QED) is 0.532. The van der Waals surface area contributed by atoms with Gasteiger partial charge >= 0.3 is 0 Å². The monoisotopic (exact) mass is 143 g/mol. The van der Waals surface area contributed by atoms with Crippen molar-refractivity contribution in [3.63, 3.8) is 0 Å². The van der Waals surface area contributed by atoms with E-state index >= 15 is 0 Å². The van der Waals surface area contributed by atoms with Gasteiger partial charge in [0.2, 0.25) is 0 Å². The number of hydrogen-bond acceptors (Lipinski definition) is 0. The highest BCUT2D eigenvalue weighted by Gasteiger charge is 2.24. The molecule has 0 bridgehead atoms. The predicted octanol–water partition coefficient (Wildman–Crippen LogP) is 3.32. The molecule has 0 nitrogen and oxygen atoms in total. The molecule has 0 unspecified atom stereocenters.